The van der Waals surface area contributed by atoms with Crippen LogP contribution in [0.2, 0.25) is 0 Å². The van der Waals surface area contributed by atoms with Crippen molar-refractivity contribution in [3.8, 4) is 0 Å². The van der Waals surface area contributed by atoms with Gasteiger partial charge in [0.25, 0.3) is 0 Å². The first-order valence-corrected chi connectivity index (χ1v) is 9.84. The number of benzene rings is 1. The molecule has 0 bridgehead atoms. The third-order valence-electron chi connectivity index (χ3n) is 4.29. The van der Waals surface area contributed by atoms with Crippen molar-refractivity contribution in [2.24, 2.45) is 5.92 Å². The summed E-state index contributed by atoms with van der Waals surface area (Å²) in [4.78, 5) is 7.09. The Balaban J connectivity index is 1.70. The second-order valence-electron chi connectivity index (χ2n) is 6.26. The van der Waals surface area contributed by atoms with Crippen LogP contribution in [0.4, 0.5) is 0 Å². The lowest BCUT2D eigenvalue weighted by Gasteiger charge is -2.23. The Morgan fingerprint density at radius 3 is 2.79 bits per heavy atom. The third kappa shape index (κ3) is 4.03. The Bertz CT molecular complexity index is 758. The minimum atomic E-state index is -3.46. The molecule has 7 heteroatoms. The van der Waals surface area contributed by atoms with Crippen LogP contribution in [0.25, 0.3) is 0 Å². The van der Waals surface area contributed by atoms with E-state index in [1.54, 1.807) is 24.3 Å². The predicted octanol–water partition coefficient (Wildman–Crippen LogP) is 1.70. The van der Waals surface area contributed by atoms with E-state index in [0.29, 0.717) is 11.4 Å². The number of sulfonamides is 1. The van der Waals surface area contributed by atoms with Gasteiger partial charge in [0.1, 0.15) is 5.82 Å². The summed E-state index contributed by atoms with van der Waals surface area (Å²) >= 11 is 0. The second-order valence-corrected chi connectivity index (χ2v) is 8.03. The standard InChI is InChI=1S/C17H24N4O2S/c1-2-9-20-12-15(13-21-10-8-18-17(21)14-20)11-19-24(22,23)16-6-4-3-5-7-16/h3-8,10,15,19H,2,9,11-14H2,1H3. The number of nitrogens with one attached hydrogen (secondary N) is 1. The van der Waals surface area contributed by atoms with E-state index in [0.717, 1.165) is 38.4 Å². The molecule has 3 rings (SSSR count). The Labute approximate surface area is 143 Å². The maximum atomic E-state index is 12.4. The summed E-state index contributed by atoms with van der Waals surface area (Å²) in [5.74, 6) is 1.27. The van der Waals surface area contributed by atoms with E-state index >= 15 is 0 Å². The molecule has 0 amide bonds. The van der Waals surface area contributed by atoms with Crippen LogP contribution in [-0.2, 0) is 23.1 Å². The highest BCUT2D eigenvalue weighted by Gasteiger charge is 2.23. The lowest BCUT2D eigenvalue weighted by molar-refractivity contribution is 0.229. The molecule has 1 atom stereocenters. The predicted molar refractivity (Wildman–Crippen MR) is 92.9 cm³/mol. The van der Waals surface area contributed by atoms with E-state index in [1.807, 2.05) is 18.5 Å². The van der Waals surface area contributed by atoms with Gasteiger partial charge >= 0.3 is 0 Å². The van der Waals surface area contributed by atoms with Crippen LogP contribution in [0.5, 0.6) is 0 Å². The lowest BCUT2D eigenvalue weighted by Crippen LogP contribution is -2.36. The number of hydrogen-bond donors (Lipinski definition) is 1. The van der Waals surface area contributed by atoms with Crippen LogP contribution in [0.1, 0.15) is 19.2 Å². The molecule has 1 aliphatic heterocycles. The van der Waals surface area contributed by atoms with Crippen LogP contribution in [0.15, 0.2) is 47.6 Å². The third-order valence-corrected chi connectivity index (χ3v) is 5.73. The van der Waals surface area contributed by atoms with Crippen LogP contribution in [0.3, 0.4) is 0 Å². The second kappa shape index (κ2) is 7.46. The quantitative estimate of drug-likeness (QED) is 0.863. The summed E-state index contributed by atoms with van der Waals surface area (Å²) in [5, 5.41) is 0. The molecule has 1 N–H and O–H groups in total. The average Bonchev–Trinajstić information content (AvgIpc) is 2.93. The van der Waals surface area contributed by atoms with Gasteiger partial charge in [-0.05, 0) is 25.1 Å². The SMILES string of the molecule is CCCN1Cc2nccn2CC(CNS(=O)(=O)c2ccccc2)C1. The van der Waals surface area contributed by atoms with Crippen LogP contribution < -0.4 is 4.72 Å². The molecule has 24 heavy (non-hydrogen) atoms. The number of nitrogens with zero attached hydrogens (tertiary/aromatic N) is 3. The van der Waals surface area contributed by atoms with Crippen LogP contribution in [0, 0.1) is 5.92 Å². The highest BCUT2D eigenvalue weighted by molar-refractivity contribution is 7.89. The summed E-state index contributed by atoms with van der Waals surface area (Å²) in [5.41, 5.74) is 0. The maximum Gasteiger partial charge on any atom is 0.240 e. The van der Waals surface area contributed by atoms with Gasteiger partial charge in [0.15, 0.2) is 0 Å². The van der Waals surface area contributed by atoms with Gasteiger partial charge in [-0.1, -0.05) is 25.1 Å². The van der Waals surface area contributed by atoms with Gasteiger partial charge in [-0.15, -0.1) is 0 Å². The van der Waals surface area contributed by atoms with Crippen molar-refractivity contribution >= 4 is 10.0 Å². The van der Waals surface area contributed by atoms with E-state index < -0.39 is 10.0 Å². The fourth-order valence-electron chi connectivity index (χ4n) is 3.15. The Morgan fingerprint density at radius 2 is 2.04 bits per heavy atom. The van der Waals surface area contributed by atoms with Gasteiger partial charge in [0, 0.05) is 37.9 Å². The number of hydrogen-bond acceptors (Lipinski definition) is 4. The molecule has 130 valence electrons. The van der Waals surface area contributed by atoms with Crippen LogP contribution in [-0.4, -0.2) is 42.5 Å². The Kier molecular flexibility index (Phi) is 5.33. The average molecular weight is 348 g/mol. The normalized spacial score (nSPS) is 19.0. The first kappa shape index (κ1) is 17.1. The molecule has 0 fully saturated rings. The summed E-state index contributed by atoms with van der Waals surface area (Å²) in [7, 11) is -3.46. The van der Waals surface area contributed by atoms with Crippen molar-refractivity contribution in [3.05, 3.63) is 48.5 Å². The van der Waals surface area contributed by atoms with Gasteiger partial charge in [0.2, 0.25) is 10.0 Å². The van der Waals surface area contributed by atoms with E-state index in [1.165, 1.54) is 0 Å². The largest absolute Gasteiger partial charge is 0.333 e. The zero-order valence-corrected chi connectivity index (χ0v) is 14.7. The molecule has 6 nitrogen and oxygen atoms in total. The molecule has 0 radical (unpaired) electrons. The van der Waals surface area contributed by atoms with Gasteiger partial charge in [0.05, 0.1) is 11.4 Å². The summed E-state index contributed by atoms with van der Waals surface area (Å²) < 4.78 is 29.7. The number of fused-ring (bicyclic) bond motifs is 1. The molecule has 0 spiro atoms. The molecule has 1 unspecified atom stereocenters. The van der Waals surface area contributed by atoms with Gasteiger partial charge < -0.3 is 4.57 Å². The van der Waals surface area contributed by atoms with Crippen molar-refractivity contribution in [1.29, 1.82) is 0 Å². The molecule has 1 aromatic heterocycles. The van der Waals surface area contributed by atoms with Crippen molar-refractivity contribution in [2.75, 3.05) is 19.6 Å². The van der Waals surface area contributed by atoms with Gasteiger partial charge in [-0.2, -0.15) is 0 Å². The maximum absolute atomic E-state index is 12.4. The Hall–Kier alpha value is -1.70. The summed E-state index contributed by atoms with van der Waals surface area (Å²) in [6.07, 6.45) is 4.86. The zero-order chi connectivity index (χ0) is 17.0. The Morgan fingerprint density at radius 1 is 1.25 bits per heavy atom. The van der Waals surface area contributed by atoms with Gasteiger partial charge in [-0.25, -0.2) is 18.1 Å². The molecule has 0 saturated carbocycles. The zero-order valence-electron chi connectivity index (χ0n) is 13.9. The first-order chi connectivity index (χ1) is 11.6. The fourth-order valence-corrected chi connectivity index (χ4v) is 4.29. The summed E-state index contributed by atoms with van der Waals surface area (Å²) in [6.45, 7) is 6.05. The fraction of sp³-hybridized carbons (Fsp3) is 0.471. The highest BCUT2D eigenvalue weighted by Crippen LogP contribution is 2.16. The molecule has 0 saturated heterocycles. The number of aromatic nitrogens is 2. The molecule has 0 aliphatic carbocycles. The number of imidazole rings is 1. The van der Waals surface area contributed by atoms with E-state index in [-0.39, 0.29) is 5.92 Å². The van der Waals surface area contributed by atoms with Crippen molar-refractivity contribution in [2.45, 2.75) is 31.3 Å². The number of rotatable bonds is 6. The monoisotopic (exact) mass is 348 g/mol. The minimum Gasteiger partial charge on any atom is -0.333 e. The van der Waals surface area contributed by atoms with Crippen molar-refractivity contribution < 1.29 is 8.42 Å². The van der Waals surface area contributed by atoms with Crippen molar-refractivity contribution in [3.63, 3.8) is 0 Å². The highest BCUT2D eigenvalue weighted by atomic mass is 32.2. The van der Waals surface area contributed by atoms with Gasteiger partial charge in [-0.3, -0.25) is 4.90 Å². The molecule has 1 aliphatic rings. The molecule has 1 aromatic carbocycles. The molecule has 2 aromatic rings. The van der Waals surface area contributed by atoms with E-state index in [2.05, 4.69) is 26.1 Å². The molecule has 2 heterocycles. The van der Waals surface area contributed by atoms with E-state index in [4.69, 9.17) is 0 Å². The minimum absolute atomic E-state index is 0.213. The topological polar surface area (TPSA) is 67.2 Å². The van der Waals surface area contributed by atoms with Crippen LogP contribution >= 0.6 is 0 Å². The lowest BCUT2D eigenvalue weighted by atomic mass is 10.1. The smallest absolute Gasteiger partial charge is 0.240 e. The molecular weight excluding hydrogens is 324 g/mol. The summed E-state index contributed by atoms with van der Waals surface area (Å²) in [6, 6.07) is 8.52. The van der Waals surface area contributed by atoms with E-state index in [9.17, 15) is 8.42 Å². The molecular formula is C17H24N4O2S. The first-order valence-electron chi connectivity index (χ1n) is 8.35. The van der Waals surface area contributed by atoms with Crippen molar-refractivity contribution in [1.82, 2.24) is 19.2 Å².